The smallest absolute Gasteiger partial charge is 0.142 e. The fraction of sp³-hybridized carbons (Fsp3) is 0. The largest absolute Gasteiger partial charge is 0.507 e. The number of carbonyl (C=O) groups is 1. The maximum absolute atomic E-state index is 9.97. The minimum absolute atomic E-state index is 0.109. The first kappa shape index (κ1) is 8.81. The lowest BCUT2D eigenvalue weighted by Gasteiger charge is -1.97. The number of phenols is 1. The van der Waals surface area contributed by atoms with Crippen molar-refractivity contribution in [3.63, 3.8) is 0 Å². The van der Waals surface area contributed by atoms with Gasteiger partial charge in [-0.3, -0.25) is 4.79 Å². The molecule has 0 aliphatic heterocycles. The molecule has 12 heavy (non-hydrogen) atoms. The van der Waals surface area contributed by atoms with Gasteiger partial charge >= 0.3 is 0 Å². The fourth-order valence-corrected chi connectivity index (χ4v) is 0.982. The normalized spacial score (nSPS) is 10.4. The van der Waals surface area contributed by atoms with Gasteiger partial charge in [-0.1, -0.05) is 11.6 Å². The second kappa shape index (κ2) is 3.93. The standard InChI is InChI=1S/C9H7ClO2/c10-8-3-4-9(12)7(6-8)2-1-5-11/h1-6,12H. The Morgan fingerprint density at radius 1 is 1.42 bits per heavy atom. The van der Waals surface area contributed by atoms with E-state index in [-0.39, 0.29) is 5.75 Å². The van der Waals surface area contributed by atoms with Crippen molar-refractivity contribution >= 4 is 24.0 Å². The molecule has 0 aliphatic carbocycles. The Labute approximate surface area is 75.1 Å². The summed E-state index contributed by atoms with van der Waals surface area (Å²) in [7, 11) is 0. The SMILES string of the molecule is O=CC=Cc1cc(Cl)ccc1O. The molecule has 0 spiro atoms. The molecule has 0 atom stereocenters. The molecule has 2 nitrogen and oxygen atoms in total. The Balaban J connectivity index is 3.04. The molecule has 3 heteroatoms. The fourth-order valence-electron chi connectivity index (χ4n) is 0.802. The van der Waals surface area contributed by atoms with Crippen molar-refractivity contribution in [2.45, 2.75) is 0 Å². The van der Waals surface area contributed by atoms with Gasteiger partial charge in [0.15, 0.2) is 0 Å². The number of benzene rings is 1. The summed E-state index contributed by atoms with van der Waals surface area (Å²) in [4.78, 5) is 9.97. The van der Waals surface area contributed by atoms with Crippen molar-refractivity contribution < 1.29 is 9.90 Å². The number of allylic oxidation sites excluding steroid dienone is 1. The van der Waals surface area contributed by atoms with Crippen molar-refractivity contribution in [1.82, 2.24) is 0 Å². The maximum atomic E-state index is 9.97. The van der Waals surface area contributed by atoms with Crippen molar-refractivity contribution in [3.05, 3.63) is 34.9 Å². The van der Waals surface area contributed by atoms with Gasteiger partial charge in [-0.2, -0.15) is 0 Å². The van der Waals surface area contributed by atoms with Crippen molar-refractivity contribution in [1.29, 1.82) is 0 Å². The lowest BCUT2D eigenvalue weighted by atomic mass is 10.2. The van der Waals surface area contributed by atoms with Gasteiger partial charge in [0.2, 0.25) is 0 Å². The molecule has 0 aliphatic rings. The third-order valence-electron chi connectivity index (χ3n) is 1.34. The highest BCUT2D eigenvalue weighted by Gasteiger charge is 1.96. The molecule has 0 saturated heterocycles. The van der Waals surface area contributed by atoms with E-state index in [1.807, 2.05) is 0 Å². The number of carbonyl (C=O) groups excluding carboxylic acids is 1. The number of phenolic OH excluding ortho intramolecular Hbond substituents is 1. The van der Waals surface area contributed by atoms with Crippen LogP contribution in [-0.2, 0) is 4.79 Å². The summed E-state index contributed by atoms with van der Waals surface area (Å²) in [6.45, 7) is 0. The van der Waals surface area contributed by atoms with Gasteiger partial charge in [-0.25, -0.2) is 0 Å². The van der Waals surface area contributed by atoms with Crippen LogP contribution in [0.3, 0.4) is 0 Å². The van der Waals surface area contributed by atoms with E-state index in [2.05, 4.69) is 0 Å². The Morgan fingerprint density at radius 3 is 2.83 bits per heavy atom. The molecule has 0 heterocycles. The number of aromatic hydroxyl groups is 1. The molecule has 0 bridgehead atoms. The van der Waals surface area contributed by atoms with Crippen molar-refractivity contribution in [2.24, 2.45) is 0 Å². The topological polar surface area (TPSA) is 37.3 Å². The zero-order valence-corrected chi connectivity index (χ0v) is 6.95. The molecule has 62 valence electrons. The van der Waals surface area contributed by atoms with E-state index in [4.69, 9.17) is 11.6 Å². The lowest BCUT2D eigenvalue weighted by molar-refractivity contribution is -0.104. The van der Waals surface area contributed by atoms with Gasteiger partial charge in [0.05, 0.1) is 0 Å². The third kappa shape index (κ3) is 2.10. The van der Waals surface area contributed by atoms with Crippen LogP contribution in [0.5, 0.6) is 5.75 Å². The second-order valence-electron chi connectivity index (χ2n) is 2.20. The minimum Gasteiger partial charge on any atom is -0.507 e. The molecule has 1 N–H and O–H groups in total. The summed E-state index contributed by atoms with van der Waals surface area (Å²) in [5.74, 6) is 0.109. The van der Waals surface area contributed by atoms with Crippen molar-refractivity contribution in [2.75, 3.05) is 0 Å². The Morgan fingerprint density at radius 2 is 2.17 bits per heavy atom. The molecule has 0 saturated carbocycles. The number of hydrogen-bond acceptors (Lipinski definition) is 2. The quantitative estimate of drug-likeness (QED) is 0.563. The van der Waals surface area contributed by atoms with Crippen LogP contribution in [0.25, 0.3) is 6.08 Å². The first-order valence-corrected chi connectivity index (χ1v) is 3.72. The third-order valence-corrected chi connectivity index (χ3v) is 1.58. The number of hydrogen-bond donors (Lipinski definition) is 1. The molecule has 0 unspecified atom stereocenters. The molecule has 0 amide bonds. The van der Waals surface area contributed by atoms with E-state index in [1.54, 1.807) is 12.1 Å². The predicted octanol–water partition coefficient (Wildman–Crippen LogP) is 2.26. The number of aldehydes is 1. The maximum Gasteiger partial charge on any atom is 0.142 e. The predicted molar refractivity (Wildman–Crippen MR) is 48.2 cm³/mol. The van der Waals surface area contributed by atoms with Crippen LogP contribution < -0.4 is 0 Å². The summed E-state index contributed by atoms with van der Waals surface area (Å²) in [6, 6.07) is 4.64. The van der Waals surface area contributed by atoms with Crippen LogP contribution in [0.1, 0.15) is 5.56 Å². The number of halogens is 1. The van der Waals surface area contributed by atoms with E-state index in [0.29, 0.717) is 16.9 Å². The molecule has 1 aromatic carbocycles. The van der Waals surface area contributed by atoms with Crippen LogP contribution in [0.15, 0.2) is 24.3 Å². The van der Waals surface area contributed by atoms with Crippen LogP contribution >= 0.6 is 11.6 Å². The second-order valence-corrected chi connectivity index (χ2v) is 2.63. The lowest BCUT2D eigenvalue weighted by Crippen LogP contribution is -1.74. The van der Waals surface area contributed by atoms with Crippen LogP contribution in [0.4, 0.5) is 0 Å². The number of rotatable bonds is 2. The molecular formula is C9H7ClO2. The molecule has 1 aromatic rings. The Kier molecular flexibility index (Phi) is 2.88. The summed E-state index contributed by atoms with van der Waals surface area (Å²) < 4.78 is 0. The van der Waals surface area contributed by atoms with Crippen LogP contribution in [0, 0.1) is 0 Å². The van der Waals surface area contributed by atoms with E-state index in [1.165, 1.54) is 18.2 Å². The molecule has 1 rings (SSSR count). The summed E-state index contributed by atoms with van der Waals surface area (Å²) in [5.41, 5.74) is 0.537. The molecule has 0 radical (unpaired) electrons. The summed E-state index contributed by atoms with van der Waals surface area (Å²) in [6.07, 6.45) is 3.43. The average molecular weight is 183 g/mol. The monoisotopic (exact) mass is 182 g/mol. The van der Waals surface area contributed by atoms with Gasteiger partial charge in [-0.15, -0.1) is 0 Å². The van der Waals surface area contributed by atoms with Crippen LogP contribution in [0.2, 0.25) is 5.02 Å². The zero-order valence-electron chi connectivity index (χ0n) is 6.20. The van der Waals surface area contributed by atoms with Gasteiger partial charge in [-0.05, 0) is 30.4 Å². The highest BCUT2D eigenvalue weighted by atomic mass is 35.5. The zero-order chi connectivity index (χ0) is 8.97. The minimum atomic E-state index is 0.109. The van der Waals surface area contributed by atoms with E-state index in [9.17, 15) is 9.90 Å². The average Bonchev–Trinajstić information content (AvgIpc) is 2.07. The summed E-state index contributed by atoms with van der Waals surface area (Å²) in [5, 5.41) is 9.76. The van der Waals surface area contributed by atoms with E-state index in [0.717, 1.165) is 0 Å². The van der Waals surface area contributed by atoms with Gasteiger partial charge < -0.3 is 5.11 Å². The van der Waals surface area contributed by atoms with Gasteiger partial charge in [0.1, 0.15) is 12.0 Å². The highest BCUT2D eigenvalue weighted by Crippen LogP contribution is 2.22. The highest BCUT2D eigenvalue weighted by molar-refractivity contribution is 6.30. The molecule has 0 aromatic heterocycles. The summed E-state index contributed by atoms with van der Waals surface area (Å²) >= 11 is 5.66. The first-order valence-electron chi connectivity index (χ1n) is 3.34. The molecule has 0 fully saturated rings. The van der Waals surface area contributed by atoms with Gasteiger partial charge in [0, 0.05) is 10.6 Å². The van der Waals surface area contributed by atoms with E-state index >= 15 is 0 Å². The van der Waals surface area contributed by atoms with Crippen LogP contribution in [-0.4, -0.2) is 11.4 Å². The van der Waals surface area contributed by atoms with Crippen molar-refractivity contribution in [3.8, 4) is 5.75 Å². The Hall–Kier alpha value is -1.28. The van der Waals surface area contributed by atoms with E-state index < -0.39 is 0 Å². The van der Waals surface area contributed by atoms with Gasteiger partial charge in [0.25, 0.3) is 0 Å². The first-order chi connectivity index (χ1) is 5.74. The molecular weight excluding hydrogens is 176 g/mol. The Bertz CT molecular complexity index is 318.